The van der Waals surface area contributed by atoms with Crippen molar-refractivity contribution in [2.24, 2.45) is 7.05 Å². The Labute approximate surface area is 312 Å². The first-order chi connectivity index (χ1) is 25.2. The number of aliphatic hydroxyl groups excluding tert-OH is 1. The van der Waals surface area contributed by atoms with Gasteiger partial charge in [0.1, 0.15) is 15.9 Å². The number of nitrogens with zero attached hydrogens (tertiary/aromatic N) is 3. The van der Waals surface area contributed by atoms with Gasteiger partial charge in [-0.1, -0.05) is 115 Å². The molecule has 0 radical (unpaired) electrons. The van der Waals surface area contributed by atoms with Crippen molar-refractivity contribution >= 4 is 39.1 Å². The fraction of sp³-hybridized carbons (Fsp3) is 0.163. The molecule has 0 bridgehead atoms. The minimum atomic E-state index is -0.761. The van der Waals surface area contributed by atoms with Crippen LogP contribution in [0.15, 0.2) is 151 Å². The zero-order chi connectivity index (χ0) is 36.2. The lowest BCUT2D eigenvalue weighted by Crippen LogP contribution is -2.37. The molecule has 9 heteroatoms. The molecular weight excluding hydrogens is 688 g/mol. The van der Waals surface area contributed by atoms with Gasteiger partial charge in [-0.3, -0.25) is 14.5 Å². The van der Waals surface area contributed by atoms with Gasteiger partial charge in [0.25, 0.3) is 5.91 Å². The predicted molar refractivity (Wildman–Crippen MR) is 210 cm³/mol. The van der Waals surface area contributed by atoms with Crippen LogP contribution in [-0.2, 0) is 25.7 Å². The van der Waals surface area contributed by atoms with Crippen LogP contribution in [0.5, 0.6) is 0 Å². The Morgan fingerprint density at radius 2 is 1.44 bits per heavy atom. The van der Waals surface area contributed by atoms with Crippen molar-refractivity contribution in [2.45, 2.75) is 24.7 Å². The standard InChI is InChI=1S/C43H39ClN4O3S/c1-46(27-36-24-37-40(50)38(28-47(2)42(37)52-36)41(51)45-25-30-18-20-35(44)21-19-30)29-39(49)31-22-23-48(26-31)43(32-12-6-3-7-13-32,33-14-8-4-9-15-33)34-16-10-5-11-17-34/h3-24,26,28,39,49H,25,27,29H2,1-2H3,(H,45,51). The van der Waals surface area contributed by atoms with Crippen molar-refractivity contribution in [2.75, 3.05) is 13.6 Å². The number of carbonyl (C=O) groups excluding carboxylic acids is 1. The van der Waals surface area contributed by atoms with Crippen LogP contribution in [0, 0.1) is 0 Å². The van der Waals surface area contributed by atoms with Crippen LogP contribution in [0.1, 0.15) is 49.2 Å². The number of amides is 1. The zero-order valence-electron chi connectivity index (χ0n) is 28.9. The molecule has 0 aliphatic rings. The van der Waals surface area contributed by atoms with E-state index in [-0.39, 0.29) is 17.5 Å². The molecule has 0 spiro atoms. The van der Waals surface area contributed by atoms with Gasteiger partial charge in [0.05, 0.1) is 11.5 Å². The van der Waals surface area contributed by atoms with Crippen LogP contribution < -0.4 is 10.7 Å². The highest BCUT2D eigenvalue weighted by molar-refractivity contribution is 7.18. The number of rotatable bonds is 12. The van der Waals surface area contributed by atoms with E-state index in [9.17, 15) is 14.7 Å². The van der Waals surface area contributed by atoms with E-state index in [1.54, 1.807) is 18.3 Å². The number of benzene rings is 4. The van der Waals surface area contributed by atoms with E-state index >= 15 is 0 Å². The van der Waals surface area contributed by atoms with E-state index in [4.69, 9.17) is 11.6 Å². The first-order valence-corrected chi connectivity index (χ1v) is 18.3. The number of halogens is 1. The molecule has 0 saturated carbocycles. The topological polar surface area (TPSA) is 79.5 Å². The molecule has 3 heterocycles. The minimum Gasteiger partial charge on any atom is -0.387 e. The van der Waals surface area contributed by atoms with Gasteiger partial charge in [0.2, 0.25) is 5.43 Å². The molecule has 3 aromatic heterocycles. The Morgan fingerprint density at radius 1 is 0.865 bits per heavy atom. The molecule has 0 fully saturated rings. The second kappa shape index (κ2) is 15.2. The summed E-state index contributed by atoms with van der Waals surface area (Å²) < 4.78 is 4.04. The van der Waals surface area contributed by atoms with Crippen LogP contribution in [0.2, 0.25) is 5.02 Å². The smallest absolute Gasteiger partial charge is 0.257 e. The lowest BCUT2D eigenvalue weighted by molar-refractivity contribution is 0.0949. The van der Waals surface area contributed by atoms with Gasteiger partial charge in [-0.2, -0.15) is 0 Å². The molecule has 262 valence electrons. The Kier molecular flexibility index (Phi) is 10.2. The third-order valence-electron chi connectivity index (χ3n) is 9.48. The molecule has 1 atom stereocenters. The van der Waals surface area contributed by atoms with Crippen molar-refractivity contribution in [1.82, 2.24) is 19.4 Å². The van der Waals surface area contributed by atoms with E-state index < -0.39 is 17.6 Å². The molecule has 7 aromatic rings. The van der Waals surface area contributed by atoms with Crippen molar-refractivity contribution in [3.05, 3.63) is 199 Å². The number of aryl methyl sites for hydroxylation is 1. The first kappa shape index (κ1) is 35.2. The fourth-order valence-electron chi connectivity index (χ4n) is 6.97. The van der Waals surface area contributed by atoms with Gasteiger partial charge in [-0.15, -0.1) is 11.3 Å². The highest BCUT2D eigenvalue weighted by Gasteiger charge is 2.38. The number of carbonyl (C=O) groups is 1. The molecule has 7 nitrogen and oxygen atoms in total. The Balaban J connectivity index is 1.11. The third-order valence-corrected chi connectivity index (χ3v) is 10.9. The summed E-state index contributed by atoms with van der Waals surface area (Å²) in [6, 6.07) is 42.4. The summed E-state index contributed by atoms with van der Waals surface area (Å²) in [4.78, 5) is 30.4. The molecule has 2 N–H and O–H groups in total. The second-order valence-corrected chi connectivity index (χ2v) is 14.6. The average Bonchev–Trinajstić information content (AvgIpc) is 3.84. The van der Waals surface area contributed by atoms with E-state index in [0.29, 0.717) is 23.5 Å². The molecule has 0 saturated heterocycles. The maximum absolute atomic E-state index is 13.5. The van der Waals surface area contributed by atoms with Crippen LogP contribution >= 0.6 is 22.9 Å². The summed E-state index contributed by atoms with van der Waals surface area (Å²) >= 11 is 7.49. The predicted octanol–water partition coefficient (Wildman–Crippen LogP) is 7.99. The fourth-order valence-corrected chi connectivity index (χ4v) is 8.26. The third kappa shape index (κ3) is 6.98. The number of thiophene rings is 1. The summed E-state index contributed by atoms with van der Waals surface area (Å²) in [7, 11) is 3.80. The molecule has 0 aliphatic heterocycles. The van der Waals surface area contributed by atoms with Gasteiger partial charge in [0, 0.05) is 55.2 Å². The van der Waals surface area contributed by atoms with Crippen molar-refractivity contribution in [3.63, 3.8) is 0 Å². The van der Waals surface area contributed by atoms with Gasteiger partial charge in [0.15, 0.2) is 0 Å². The number of aromatic nitrogens is 2. The number of likely N-dealkylation sites (N-methyl/N-ethyl adjacent to an activating group) is 1. The molecular formula is C43H39ClN4O3S. The second-order valence-electron chi connectivity index (χ2n) is 13.1. The Bertz CT molecular complexity index is 2260. The number of fused-ring (bicyclic) bond motifs is 1. The maximum Gasteiger partial charge on any atom is 0.257 e. The molecule has 7 rings (SSSR count). The first-order valence-electron chi connectivity index (χ1n) is 17.1. The van der Waals surface area contributed by atoms with E-state index in [1.807, 2.05) is 67.3 Å². The number of nitrogens with one attached hydrogen (secondary N) is 1. The van der Waals surface area contributed by atoms with Crippen LogP contribution in [0.25, 0.3) is 10.2 Å². The SMILES string of the molecule is CN(Cc1cc2c(=O)c(C(=O)NCc3ccc(Cl)cc3)cn(C)c2s1)CC(O)c1ccn(C(c2ccccc2)(c2ccccc2)c2ccccc2)c1. The minimum absolute atomic E-state index is 0.0965. The van der Waals surface area contributed by atoms with Crippen LogP contribution in [-0.4, -0.2) is 38.6 Å². The Hall–Kier alpha value is -5.25. The number of hydrogen-bond acceptors (Lipinski definition) is 5. The van der Waals surface area contributed by atoms with E-state index in [0.717, 1.165) is 37.5 Å². The van der Waals surface area contributed by atoms with E-state index in [1.165, 1.54) is 11.3 Å². The monoisotopic (exact) mass is 726 g/mol. The summed E-state index contributed by atoms with van der Waals surface area (Å²) in [6.07, 6.45) is 4.94. The molecule has 0 aliphatic carbocycles. The van der Waals surface area contributed by atoms with Gasteiger partial charge in [-0.25, -0.2) is 0 Å². The van der Waals surface area contributed by atoms with Gasteiger partial charge >= 0.3 is 0 Å². The summed E-state index contributed by atoms with van der Waals surface area (Å²) in [5, 5.41) is 15.6. The largest absolute Gasteiger partial charge is 0.387 e. The summed E-state index contributed by atoms with van der Waals surface area (Å²) in [5.74, 6) is -0.423. The van der Waals surface area contributed by atoms with Crippen molar-refractivity contribution < 1.29 is 9.90 Å². The van der Waals surface area contributed by atoms with Gasteiger partial charge in [-0.05, 0) is 59.1 Å². The van der Waals surface area contributed by atoms with Crippen LogP contribution in [0.3, 0.4) is 0 Å². The number of aliphatic hydroxyl groups is 1. The normalized spacial score (nSPS) is 12.3. The number of hydrogen-bond donors (Lipinski definition) is 2. The lowest BCUT2D eigenvalue weighted by Gasteiger charge is -2.38. The summed E-state index contributed by atoms with van der Waals surface area (Å²) in [5.41, 5.74) is 4.15. The maximum atomic E-state index is 13.5. The quantitative estimate of drug-likeness (QED) is 0.125. The Morgan fingerprint density at radius 3 is 2.02 bits per heavy atom. The summed E-state index contributed by atoms with van der Waals surface area (Å²) in [6.45, 7) is 1.19. The van der Waals surface area contributed by atoms with E-state index in [2.05, 4.69) is 93.8 Å². The van der Waals surface area contributed by atoms with Crippen molar-refractivity contribution in [3.8, 4) is 0 Å². The molecule has 52 heavy (non-hydrogen) atoms. The number of pyridine rings is 1. The zero-order valence-corrected chi connectivity index (χ0v) is 30.5. The van der Waals surface area contributed by atoms with Crippen LogP contribution in [0.4, 0.5) is 0 Å². The lowest BCUT2D eigenvalue weighted by atomic mass is 9.77. The molecule has 1 unspecified atom stereocenters. The molecule has 4 aromatic carbocycles. The van der Waals surface area contributed by atoms with Gasteiger partial charge < -0.3 is 19.6 Å². The van der Waals surface area contributed by atoms with Crippen molar-refractivity contribution in [1.29, 1.82) is 0 Å². The molecule has 1 amide bonds. The highest BCUT2D eigenvalue weighted by atomic mass is 35.5. The highest BCUT2D eigenvalue weighted by Crippen LogP contribution is 2.41. The average molecular weight is 727 g/mol.